The molecule has 20 nitrogen and oxygen atoms in total. The van der Waals surface area contributed by atoms with Crippen molar-refractivity contribution in [2.24, 2.45) is 17.8 Å². The predicted octanol–water partition coefficient (Wildman–Crippen LogP) is 11.7. The molecule has 500 valence electrons. The van der Waals surface area contributed by atoms with Crippen molar-refractivity contribution in [3.8, 4) is 22.8 Å². The molecule has 6 aliphatic heterocycles. The van der Waals surface area contributed by atoms with E-state index in [2.05, 4.69) is 82.4 Å². The molecular formula is C68H60F8IN15O5. The van der Waals surface area contributed by atoms with Crippen LogP contribution in [0, 0.1) is 39.9 Å². The summed E-state index contributed by atoms with van der Waals surface area (Å²) in [5.74, 6) is -2.08. The first-order valence-corrected chi connectivity index (χ1v) is 32.6. The number of alkyl halides is 6. The van der Waals surface area contributed by atoms with Crippen LogP contribution in [0.25, 0.3) is 28.4 Å². The molecule has 15 rings (SSSR count). The van der Waals surface area contributed by atoms with E-state index in [1.165, 1.54) is 68.7 Å². The van der Waals surface area contributed by atoms with Gasteiger partial charge in [0.1, 0.15) is 17.5 Å². The van der Waals surface area contributed by atoms with Crippen molar-refractivity contribution in [2.75, 3.05) is 7.11 Å². The van der Waals surface area contributed by atoms with E-state index in [0.29, 0.717) is 37.2 Å². The summed E-state index contributed by atoms with van der Waals surface area (Å²) in [5.41, 5.74) is 2.99. The Hall–Kier alpha value is -9.42. The van der Waals surface area contributed by atoms with Crippen molar-refractivity contribution in [2.45, 2.75) is 133 Å². The molecule has 0 aliphatic carbocycles. The van der Waals surface area contributed by atoms with Gasteiger partial charge in [-0.2, -0.15) is 26.3 Å². The summed E-state index contributed by atoms with van der Waals surface area (Å²) in [7, 11) is 1.30. The molecule has 6 bridgehead atoms. The smallest absolute Gasteiger partial charge is 0.452 e. The van der Waals surface area contributed by atoms with E-state index in [1.807, 2.05) is 34.9 Å². The Balaban J connectivity index is 0.000000132. The van der Waals surface area contributed by atoms with Crippen LogP contribution < -0.4 is 0 Å². The lowest BCUT2D eigenvalue weighted by Gasteiger charge is -2.25. The van der Waals surface area contributed by atoms with E-state index in [-0.39, 0.29) is 117 Å². The van der Waals surface area contributed by atoms with Crippen LogP contribution in [0.5, 0.6) is 0 Å². The molecule has 6 saturated heterocycles. The highest BCUT2D eigenvalue weighted by molar-refractivity contribution is 14.1. The van der Waals surface area contributed by atoms with Gasteiger partial charge in [0.15, 0.2) is 23.0 Å². The number of halogens is 9. The molecule has 0 N–H and O–H groups in total. The zero-order valence-electron chi connectivity index (χ0n) is 52.0. The number of esters is 1. The van der Waals surface area contributed by atoms with Gasteiger partial charge in [0.2, 0.25) is 5.82 Å². The third-order valence-corrected chi connectivity index (χ3v) is 20.8. The molecule has 0 radical (unpaired) electrons. The van der Waals surface area contributed by atoms with E-state index in [0.717, 1.165) is 88.6 Å². The van der Waals surface area contributed by atoms with E-state index < -0.39 is 41.3 Å². The van der Waals surface area contributed by atoms with Crippen LogP contribution in [0.2, 0.25) is 0 Å². The zero-order valence-corrected chi connectivity index (χ0v) is 54.1. The third kappa shape index (κ3) is 13.2. The topological polar surface area (TPSA) is 233 Å². The van der Waals surface area contributed by atoms with E-state index in [1.54, 1.807) is 41.4 Å². The summed E-state index contributed by atoms with van der Waals surface area (Å²) in [6, 6.07) is 18.1. The lowest BCUT2D eigenvalue weighted by Crippen LogP contribution is -2.37. The number of carbonyl (C=O) groups excluding carboxylic acids is 4. The first kappa shape index (κ1) is 66.2. The minimum atomic E-state index is -4.64. The summed E-state index contributed by atoms with van der Waals surface area (Å²) in [6.45, 7) is 1.99. The van der Waals surface area contributed by atoms with Crippen LogP contribution in [-0.2, 0) is 36.4 Å². The Morgan fingerprint density at radius 1 is 0.536 bits per heavy atom. The van der Waals surface area contributed by atoms with Gasteiger partial charge in [-0.1, -0.05) is 24.3 Å². The number of rotatable bonds is 12. The summed E-state index contributed by atoms with van der Waals surface area (Å²) in [5, 5.41) is 7.06. The highest BCUT2D eigenvalue weighted by atomic mass is 127. The second kappa shape index (κ2) is 27.2. The average Bonchev–Trinajstić information content (AvgIpc) is 1.64. The normalized spacial score (nSPS) is 22.1. The molecule has 9 atom stereocenters. The second-order valence-corrected chi connectivity index (χ2v) is 26.0. The highest BCUT2D eigenvalue weighted by Crippen LogP contribution is 2.48. The molecule has 9 unspecified atom stereocenters. The number of nitrogens with zero attached hydrogens (tertiary/aromatic N) is 15. The Kier molecular flexibility index (Phi) is 18.6. The lowest BCUT2D eigenvalue weighted by atomic mass is 9.86. The summed E-state index contributed by atoms with van der Waals surface area (Å²) >= 11 is 2.21. The maximum Gasteiger partial charge on any atom is 0.452 e. The number of fused-ring (bicyclic) bond motifs is 7. The fourth-order valence-corrected chi connectivity index (χ4v) is 15.7. The maximum atomic E-state index is 14.8. The van der Waals surface area contributed by atoms with Crippen LogP contribution in [0.3, 0.4) is 0 Å². The number of carbonyl (C=O) groups is 4. The molecule has 29 heteroatoms. The lowest BCUT2D eigenvalue weighted by molar-refractivity contribution is -0.145. The molecule has 3 aromatic carbocycles. The molecule has 12 heterocycles. The van der Waals surface area contributed by atoms with Crippen molar-refractivity contribution >= 4 is 51.9 Å². The molecule has 0 saturated carbocycles. The van der Waals surface area contributed by atoms with Crippen LogP contribution in [0.4, 0.5) is 35.1 Å². The maximum absolute atomic E-state index is 14.8. The van der Waals surface area contributed by atoms with Crippen LogP contribution in [0.1, 0.15) is 134 Å². The summed E-state index contributed by atoms with van der Waals surface area (Å²) in [4.78, 5) is 95.0. The Morgan fingerprint density at radius 3 is 1.53 bits per heavy atom. The Labute approximate surface area is 563 Å². The molecule has 6 aliphatic rings. The minimum Gasteiger partial charge on any atom is -0.464 e. The average molecular weight is 1450 g/mol. The summed E-state index contributed by atoms with van der Waals surface area (Å²) in [6.07, 6.45) is 13.3. The molecule has 9 aromatic rings. The SMILES string of the molecule is COC(=O)c1cnc(CC2CC3CCC2N3C(=O)c2cccc(F)c2-c2ncccn2)cn1.Cc1cccc(C(=O)N2C3CCC2C(Cc2ncc(C(F)(F)F)cn2)C3)c1I.O=C(c1cccc(F)c1-c1ncccn1)N1C2CCC1C(Cc1nccn3c(C(F)(F)F)nnc13)C2. The van der Waals surface area contributed by atoms with Crippen LogP contribution in [0.15, 0.2) is 129 Å². The molecule has 0 spiro atoms. The fourth-order valence-electron chi connectivity index (χ4n) is 15.1. The van der Waals surface area contributed by atoms with Gasteiger partial charge >= 0.3 is 18.3 Å². The van der Waals surface area contributed by atoms with Gasteiger partial charge in [0.25, 0.3) is 17.7 Å². The first-order valence-electron chi connectivity index (χ1n) is 31.5. The molecule has 6 fully saturated rings. The standard InChI is InChI=1S/C24H19F4N7O.C24H22FN5O3.C20H19F3IN3O/c25-16-4-1-3-15(19(16)20-30-7-2-8-31-20)22(36)35-14-5-6-18(35)13(11-14)12-17-21-32-33-23(24(26,27)28)34(21)10-9-29-17;1-33-24(32)19-13-28-15(12-29-19)10-14-11-16-6-7-20(14)30(16)23(31)17-4-2-5-18(25)21(17)22-26-8-3-9-27-22;1-11-3-2-4-15(18(11)24)19(28)27-14-5-6-16(27)12(7-14)8-17-25-9-13(10-26-17)20(21,22)23/h1-4,7-10,13-14,18H,5-6,11-12H2;2-5,8-9,12-14,16,20H,6-7,10-11H2,1H3;2-4,9-10,12,14,16H,5-8H2,1H3. The molecular weight excluding hydrogens is 1390 g/mol. The van der Waals surface area contributed by atoms with Crippen molar-refractivity contribution in [1.29, 1.82) is 0 Å². The van der Waals surface area contributed by atoms with Gasteiger partial charge in [0, 0.05) is 102 Å². The van der Waals surface area contributed by atoms with E-state index in [4.69, 9.17) is 0 Å². The molecule has 3 amide bonds. The number of aromatic nitrogens is 12. The number of aryl methyl sites for hydroxylation is 1. The zero-order chi connectivity index (χ0) is 68.0. The number of ether oxygens (including phenoxy) is 1. The molecule has 97 heavy (non-hydrogen) atoms. The largest absolute Gasteiger partial charge is 0.464 e. The monoisotopic (exact) mass is 1450 g/mol. The van der Waals surface area contributed by atoms with Crippen LogP contribution in [-0.4, -0.2) is 141 Å². The number of amides is 3. The third-order valence-electron chi connectivity index (χ3n) is 19.3. The fraction of sp³-hybridized carbons (Fsp3) is 0.368. The van der Waals surface area contributed by atoms with Crippen molar-refractivity contribution < 1.29 is 59.0 Å². The number of hydrogen-bond acceptors (Lipinski definition) is 16. The van der Waals surface area contributed by atoms with Gasteiger partial charge in [-0.15, -0.1) is 10.2 Å². The number of hydrogen-bond donors (Lipinski definition) is 0. The quantitative estimate of drug-likeness (QED) is 0.0628. The number of methoxy groups -OCH3 is 1. The Bertz CT molecular complexity index is 4430. The van der Waals surface area contributed by atoms with Crippen molar-refractivity contribution in [3.63, 3.8) is 0 Å². The highest BCUT2D eigenvalue weighted by Gasteiger charge is 2.52. The summed E-state index contributed by atoms with van der Waals surface area (Å²) < 4.78 is 114. The van der Waals surface area contributed by atoms with Crippen molar-refractivity contribution in [1.82, 2.24) is 74.2 Å². The van der Waals surface area contributed by atoms with Gasteiger partial charge in [-0.25, -0.2) is 48.5 Å². The van der Waals surface area contributed by atoms with E-state index in [9.17, 15) is 54.3 Å². The van der Waals surface area contributed by atoms with Gasteiger partial charge in [-0.05, 0) is 166 Å². The Morgan fingerprint density at radius 2 is 1.03 bits per heavy atom. The minimum absolute atomic E-state index is 0.0255. The van der Waals surface area contributed by atoms with Crippen molar-refractivity contribution in [3.05, 3.63) is 200 Å². The number of benzene rings is 3. The van der Waals surface area contributed by atoms with Gasteiger partial charge in [-0.3, -0.25) is 28.8 Å². The molecule has 6 aromatic heterocycles. The first-order chi connectivity index (χ1) is 46.6. The van der Waals surface area contributed by atoms with Gasteiger partial charge < -0.3 is 19.4 Å². The van der Waals surface area contributed by atoms with Gasteiger partial charge in [0.05, 0.1) is 58.1 Å². The van der Waals surface area contributed by atoms with Crippen LogP contribution >= 0.6 is 22.6 Å². The van der Waals surface area contributed by atoms with E-state index >= 15 is 0 Å². The predicted molar refractivity (Wildman–Crippen MR) is 339 cm³/mol. The second-order valence-electron chi connectivity index (χ2n) is 24.9.